The first-order valence-corrected chi connectivity index (χ1v) is 6.88. The van der Waals surface area contributed by atoms with E-state index >= 15 is 0 Å². The van der Waals surface area contributed by atoms with E-state index in [4.69, 9.17) is 0 Å². The molecule has 2 aromatic carbocycles. The van der Waals surface area contributed by atoms with E-state index in [0.29, 0.717) is 0 Å². The molecule has 0 aliphatic carbocycles. The second kappa shape index (κ2) is 5.92. The molecular weight excluding hydrogens is 292 g/mol. The summed E-state index contributed by atoms with van der Waals surface area (Å²) in [6, 6.07) is 9.49. The minimum Gasteiger partial charge on any atom is -0.258 e. The van der Waals surface area contributed by atoms with Crippen LogP contribution in [0.1, 0.15) is 11.1 Å². The second-order valence-electron chi connectivity index (χ2n) is 4.51. The van der Waals surface area contributed by atoms with E-state index in [9.17, 15) is 20.2 Å². The molecule has 7 heteroatoms. The van der Waals surface area contributed by atoms with Gasteiger partial charge < -0.3 is 0 Å². The molecule has 0 saturated heterocycles. The third-order valence-electron chi connectivity index (χ3n) is 2.91. The minimum atomic E-state index is -0.598. The summed E-state index contributed by atoms with van der Waals surface area (Å²) >= 11 is 1.05. The van der Waals surface area contributed by atoms with Gasteiger partial charge in [-0.3, -0.25) is 20.2 Å². The van der Waals surface area contributed by atoms with Crippen LogP contribution in [0.4, 0.5) is 11.4 Å². The van der Waals surface area contributed by atoms with E-state index in [1.54, 1.807) is 0 Å². The molecule has 0 spiro atoms. The summed E-state index contributed by atoms with van der Waals surface area (Å²) in [5.74, 6) is 0. The summed E-state index contributed by atoms with van der Waals surface area (Å²) in [6.07, 6.45) is 0. The van der Waals surface area contributed by atoms with Gasteiger partial charge in [0.1, 0.15) is 0 Å². The van der Waals surface area contributed by atoms with Gasteiger partial charge in [0.25, 0.3) is 11.4 Å². The monoisotopic (exact) mass is 304 g/mol. The van der Waals surface area contributed by atoms with Crippen LogP contribution in [-0.4, -0.2) is 9.85 Å². The standard InChI is InChI=1S/C14H12N2O4S/c1-9-6-7-13(10(2)8-9)21-14-11(15(17)18)4-3-5-12(14)16(19)20/h3-8H,1-2H3. The van der Waals surface area contributed by atoms with E-state index in [1.807, 2.05) is 32.0 Å². The van der Waals surface area contributed by atoms with Crippen molar-refractivity contribution in [1.82, 2.24) is 0 Å². The number of hydrogen-bond donors (Lipinski definition) is 0. The molecule has 0 fully saturated rings. The second-order valence-corrected chi connectivity index (χ2v) is 5.56. The highest BCUT2D eigenvalue weighted by Gasteiger charge is 2.25. The summed E-state index contributed by atoms with van der Waals surface area (Å²) in [6.45, 7) is 3.81. The lowest BCUT2D eigenvalue weighted by molar-refractivity contribution is -0.399. The van der Waals surface area contributed by atoms with Crippen molar-refractivity contribution in [2.24, 2.45) is 0 Å². The molecule has 0 bridgehead atoms. The van der Waals surface area contributed by atoms with Crippen molar-refractivity contribution in [2.75, 3.05) is 0 Å². The molecule has 0 amide bonds. The van der Waals surface area contributed by atoms with Crippen molar-refractivity contribution in [3.05, 3.63) is 67.8 Å². The number of aryl methyl sites for hydroxylation is 2. The van der Waals surface area contributed by atoms with Crippen LogP contribution < -0.4 is 0 Å². The molecule has 0 N–H and O–H groups in total. The summed E-state index contributed by atoms with van der Waals surface area (Å²) < 4.78 is 0. The van der Waals surface area contributed by atoms with Crippen LogP contribution in [0.2, 0.25) is 0 Å². The topological polar surface area (TPSA) is 86.3 Å². The van der Waals surface area contributed by atoms with Crippen molar-refractivity contribution >= 4 is 23.1 Å². The predicted octanol–water partition coefficient (Wildman–Crippen LogP) is 4.27. The summed E-state index contributed by atoms with van der Waals surface area (Å²) in [5, 5.41) is 22.2. The van der Waals surface area contributed by atoms with Gasteiger partial charge >= 0.3 is 0 Å². The molecule has 0 heterocycles. The normalized spacial score (nSPS) is 10.4. The van der Waals surface area contributed by atoms with Gasteiger partial charge in [-0.25, -0.2) is 0 Å². The average Bonchev–Trinajstić information content (AvgIpc) is 2.41. The fourth-order valence-electron chi connectivity index (χ4n) is 1.93. The molecule has 0 aliphatic rings. The lowest BCUT2D eigenvalue weighted by Crippen LogP contribution is -1.97. The molecule has 0 aromatic heterocycles. The van der Waals surface area contributed by atoms with Gasteiger partial charge in [-0.2, -0.15) is 0 Å². The van der Waals surface area contributed by atoms with Crippen molar-refractivity contribution in [3.8, 4) is 0 Å². The number of nitro benzene ring substituents is 2. The summed E-state index contributed by atoms with van der Waals surface area (Å²) in [4.78, 5) is 21.8. The van der Waals surface area contributed by atoms with Gasteiger partial charge in [-0.1, -0.05) is 29.5 Å². The van der Waals surface area contributed by atoms with Crippen LogP contribution >= 0.6 is 11.8 Å². The van der Waals surface area contributed by atoms with Gasteiger partial charge in [0.2, 0.25) is 0 Å². The lowest BCUT2D eigenvalue weighted by atomic mass is 10.2. The first-order valence-electron chi connectivity index (χ1n) is 6.07. The zero-order valence-corrected chi connectivity index (χ0v) is 12.2. The van der Waals surface area contributed by atoms with Crippen LogP contribution in [0.3, 0.4) is 0 Å². The fourth-order valence-corrected chi connectivity index (χ4v) is 3.00. The van der Waals surface area contributed by atoms with E-state index in [2.05, 4.69) is 0 Å². The Balaban J connectivity index is 2.56. The Bertz CT molecular complexity index is 699. The molecule has 0 unspecified atom stereocenters. The van der Waals surface area contributed by atoms with E-state index in [-0.39, 0.29) is 16.3 Å². The first-order chi connectivity index (χ1) is 9.90. The Morgan fingerprint density at radius 1 is 0.952 bits per heavy atom. The summed E-state index contributed by atoms with van der Waals surface area (Å²) in [5.41, 5.74) is 1.48. The number of rotatable bonds is 4. The van der Waals surface area contributed by atoms with Crippen molar-refractivity contribution in [1.29, 1.82) is 0 Å². The summed E-state index contributed by atoms with van der Waals surface area (Å²) in [7, 11) is 0. The van der Waals surface area contributed by atoms with E-state index in [0.717, 1.165) is 27.8 Å². The molecule has 2 aromatic rings. The highest BCUT2D eigenvalue weighted by Crippen LogP contribution is 2.42. The largest absolute Gasteiger partial charge is 0.290 e. The van der Waals surface area contributed by atoms with Gasteiger partial charge in [0.15, 0.2) is 4.90 Å². The molecule has 0 aliphatic heterocycles. The van der Waals surface area contributed by atoms with E-state index < -0.39 is 9.85 Å². The van der Waals surface area contributed by atoms with Crippen LogP contribution in [0.5, 0.6) is 0 Å². The molecule has 2 rings (SSSR count). The Hall–Kier alpha value is -2.41. The van der Waals surface area contributed by atoms with Crippen molar-refractivity contribution < 1.29 is 9.85 Å². The average molecular weight is 304 g/mol. The minimum absolute atomic E-state index is 0.0550. The van der Waals surface area contributed by atoms with Crippen molar-refractivity contribution in [3.63, 3.8) is 0 Å². The molecule has 0 saturated carbocycles. The molecule has 0 radical (unpaired) electrons. The van der Waals surface area contributed by atoms with Crippen LogP contribution in [0, 0.1) is 34.1 Å². The highest BCUT2D eigenvalue weighted by molar-refractivity contribution is 7.99. The maximum atomic E-state index is 11.1. The Labute approximate surface area is 125 Å². The van der Waals surface area contributed by atoms with Gasteiger partial charge in [-0.05, 0) is 31.5 Å². The van der Waals surface area contributed by atoms with Crippen LogP contribution in [-0.2, 0) is 0 Å². The number of hydrogen-bond acceptors (Lipinski definition) is 5. The predicted molar refractivity (Wildman–Crippen MR) is 79.8 cm³/mol. The quantitative estimate of drug-likeness (QED) is 0.621. The van der Waals surface area contributed by atoms with Gasteiger partial charge in [0.05, 0.1) is 9.85 Å². The molecular formula is C14H12N2O4S. The first kappa shape index (κ1) is 15.0. The Morgan fingerprint density at radius 2 is 1.52 bits per heavy atom. The molecule has 21 heavy (non-hydrogen) atoms. The maximum Gasteiger partial charge on any atom is 0.290 e. The fraction of sp³-hybridized carbons (Fsp3) is 0.143. The third-order valence-corrected chi connectivity index (χ3v) is 4.21. The number of nitro groups is 2. The number of benzene rings is 2. The Kier molecular flexibility index (Phi) is 4.23. The molecule has 6 nitrogen and oxygen atoms in total. The van der Waals surface area contributed by atoms with E-state index in [1.165, 1.54) is 18.2 Å². The number of nitrogens with zero attached hydrogens (tertiary/aromatic N) is 2. The maximum absolute atomic E-state index is 11.1. The Morgan fingerprint density at radius 3 is 2.00 bits per heavy atom. The third kappa shape index (κ3) is 3.19. The SMILES string of the molecule is Cc1ccc(Sc2c([N+](=O)[O-])cccc2[N+](=O)[O-])c(C)c1. The highest BCUT2D eigenvalue weighted by atomic mass is 32.2. The van der Waals surface area contributed by atoms with Crippen LogP contribution in [0.15, 0.2) is 46.2 Å². The zero-order valence-electron chi connectivity index (χ0n) is 11.4. The molecule has 108 valence electrons. The zero-order chi connectivity index (χ0) is 15.6. The smallest absolute Gasteiger partial charge is 0.258 e. The van der Waals surface area contributed by atoms with Crippen molar-refractivity contribution in [2.45, 2.75) is 23.6 Å². The molecule has 0 atom stereocenters. The van der Waals surface area contributed by atoms with Crippen LogP contribution in [0.25, 0.3) is 0 Å². The van der Waals surface area contributed by atoms with Gasteiger partial charge in [-0.15, -0.1) is 0 Å². The van der Waals surface area contributed by atoms with Gasteiger partial charge in [0, 0.05) is 17.0 Å². The lowest BCUT2D eigenvalue weighted by Gasteiger charge is -2.07.